The smallest absolute Gasteiger partial charge is 0.224 e. The number of carbonyl (C=O) groups excluding carboxylic acids is 1. The first-order chi connectivity index (χ1) is 6.85. The summed E-state index contributed by atoms with van der Waals surface area (Å²) in [6.07, 6.45) is 1.26. The SMILES string of the molecule is CC1(C)C(C(=O)NCCCC#N)C1(C)C. The van der Waals surface area contributed by atoms with Gasteiger partial charge in [0.25, 0.3) is 0 Å². The van der Waals surface area contributed by atoms with Gasteiger partial charge in [-0.2, -0.15) is 5.26 Å². The van der Waals surface area contributed by atoms with Crippen LogP contribution in [0.25, 0.3) is 0 Å². The van der Waals surface area contributed by atoms with E-state index in [0.717, 1.165) is 6.42 Å². The number of nitrogens with one attached hydrogen (secondary N) is 1. The van der Waals surface area contributed by atoms with Crippen molar-refractivity contribution in [3.8, 4) is 6.07 Å². The highest BCUT2D eigenvalue weighted by Gasteiger charge is 2.68. The number of unbranched alkanes of at least 4 members (excludes halogenated alkanes) is 1. The molecule has 1 amide bonds. The fourth-order valence-corrected chi connectivity index (χ4v) is 2.33. The van der Waals surface area contributed by atoms with Gasteiger partial charge >= 0.3 is 0 Å². The summed E-state index contributed by atoms with van der Waals surface area (Å²) in [7, 11) is 0. The number of amides is 1. The topological polar surface area (TPSA) is 52.9 Å². The normalized spacial score (nSPS) is 21.8. The van der Waals surface area contributed by atoms with E-state index in [0.29, 0.717) is 13.0 Å². The van der Waals surface area contributed by atoms with Gasteiger partial charge in [0, 0.05) is 18.9 Å². The van der Waals surface area contributed by atoms with Gasteiger partial charge in [-0.3, -0.25) is 4.79 Å². The van der Waals surface area contributed by atoms with E-state index in [1.807, 2.05) is 0 Å². The van der Waals surface area contributed by atoms with Gasteiger partial charge in [-0.15, -0.1) is 0 Å². The summed E-state index contributed by atoms with van der Waals surface area (Å²) in [6, 6.07) is 2.07. The van der Waals surface area contributed by atoms with E-state index in [4.69, 9.17) is 5.26 Å². The molecule has 0 aromatic carbocycles. The highest BCUT2D eigenvalue weighted by molar-refractivity contribution is 5.84. The second-order valence-electron chi connectivity index (χ2n) is 5.43. The number of nitrogens with zero attached hydrogens (tertiary/aromatic N) is 1. The largest absolute Gasteiger partial charge is 0.356 e. The lowest BCUT2D eigenvalue weighted by Crippen LogP contribution is -2.28. The molecule has 84 valence electrons. The van der Waals surface area contributed by atoms with Crippen LogP contribution in [0, 0.1) is 28.1 Å². The summed E-state index contributed by atoms with van der Waals surface area (Å²) in [5.41, 5.74) is 0.207. The minimum Gasteiger partial charge on any atom is -0.356 e. The number of nitriles is 1. The third kappa shape index (κ3) is 1.99. The first-order valence-electron chi connectivity index (χ1n) is 5.50. The van der Waals surface area contributed by atoms with Crippen LogP contribution in [0.4, 0.5) is 0 Å². The van der Waals surface area contributed by atoms with E-state index in [1.54, 1.807) is 0 Å². The summed E-state index contributed by atoms with van der Waals surface area (Å²) in [6.45, 7) is 9.15. The molecule has 3 nitrogen and oxygen atoms in total. The molecule has 1 aliphatic rings. The number of hydrogen-bond acceptors (Lipinski definition) is 2. The van der Waals surface area contributed by atoms with Crippen molar-refractivity contribution >= 4 is 5.91 Å². The van der Waals surface area contributed by atoms with Crippen molar-refractivity contribution < 1.29 is 4.79 Å². The van der Waals surface area contributed by atoms with Crippen molar-refractivity contribution in [3.05, 3.63) is 0 Å². The molecule has 0 atom stereocenters. The molecular formula is C12H20N2O. The molecule has 1 aliphatic carbocycles. The van der Waals surface area contributed by atoms with Crippen molar-refractivity contribution in [1.29, 1.82) is 5.26 Å². The van der Waals surface area contributed by atoms with Gasteiger partial charge in [0.15, 0.2) is 0 Å². The first-order valence-corrected chi connectivity index (χ1v) is 5.50. The summed E-state index contributed by atoms with van der Waals surface area (Å²) >= 11 is 0. The monoisotopic (exact) mass is 208 g/mol. The molecule has 0 unspecified atom stereocenters. The fraction of sp³-hybridized carbons (Fsp3) is 0.833. The van der Waals surface area contributed by atoms with Crippen molar-refractivity contribution in [3.63, 3.8) is 0 Å². The standard InChI is InChI=1S/C12H20N2O/c1-11(2)9(12(11,3)4)10(15)14-8-6-5-7-13/h9H,5-6,8H2,1-4H3,(H,14,15). The van der Waals surface area contributed by atoms with E-state index >= 15 is 0 Å². The highest BCUT2D eigenvalue weighted by Crippen LogP contribution is 2.68. The number of carbonyl (C=O) groups is 1. The van der Waals surface area contributed by atoms with Crippen LogP contribution in [0.5, 0.6) is 0 Å². The summed E-state index contributed by atoms with van der Waals surface area (Å²) in [5.74, 6) is 0.259. The maximum Gasteiger partial charge on any atom is 0.224 e. The summed E-state index contributed by atoms with van der Waals surface area (Å²) in [5, 5.41) is 11.3. The van der Waals surface area contributed by atoms with Gasteiger partial charge in [-0.05, 0) is 17.3 Å². The molecule has 15 heavy (non-hydrogen) atoms. The molecule has 0 aliphatic heterocycles. The minimum atomic E-state index is 0.103. The molecule has 0 radical (unpaired) electrons. The van der Waals surface area contributed by atoms with Crippen LogP contribution in [0.15, 0.2) is 0 Å². The zero-order valence-electron chi connectivity index (χ0n) is 10.1. The Morgan fingerprint density at radius 2 is 1.87 bits per heavy atom. The third-order valence-electron chi connectivity index (χ3n) is 4.05. The van der Waals surface area contributed by atoms with Crippen molar-refractivity contribution in [2.24, 2.45) is 16.7 Å². The molecule has 1 rings (SSSR count). The maximum absolute atomic E-state index is 11.8. The molecule has 0 aromatic heterocycles. The zero-order chi connectivity index (χ0) is 11.7. The van der Waals surface area contributed by atoms with Crippen LogP contribution in [-0.2, 0) is 4.79 Å². The first kappa shape index (κ1) is 12.0. The highest BCUT2D eigenvalue weighted by atomic mass is 16.2. The molecule has 1 fully saturated rings. The van der Waals surface area contributed by atoms with Crippen molar-refractivity contribution in [2.75, 3.05) is 6.54 Å². The van der Waals surface area contributed by atoms with E-state index in [1.165, 1.54) is 0 Å². The van der Waals surface area contributed by atoms with Gasteiger partial charge in [0.1, 0.15) is 0 Å². The molecule has 0 heterocycles. The van der Waals surface area contributed by atoms with Gasteiger partial charge in [-0.25, -0.2) is 0 Å². The van der Waals surface area contributed by atoms with E-state index < -0.39 is 0 Å². The molecular weight excluding hydrogens is 188 g/mol. The molecule has 3 heteroatoms. The molecule has 1 N–H and O–H groups in total. The number of rotatable bonds is 4. The quantitative estimate of drug-likeness (QED) is 0.719. The molecule has 0 bridgehead atoms. The molecule has 0 saturated heterocycles. The lowest BCUT2D eigenvalue weighted by molar-refractivity contribution is -0.123. The second-order valence-corrected chi connectivity index (χ2v) is 5.43. The van der Waals surface area contributed by atoms with Crippen LogP contribution in [0.2, 0.25) is 0 Å². The average Bonchev–Trinajstić information content (AvgIpc) is 2.51. The van der Waals surface area contributed by atoms with E-state index in [9.17, 15) is 4.79 Å². The zero-order valence-corrected chi connectivity index (χ0v) is 10.1. The Bertz CT molecular complexity index is 285. The van der Waals surface area contributed by atoms with Gasteiger partial charge < -0.3 is 5.32 Å². The average molecular weight is 208 g/mol. The lowest BCUT2D eigenvalue weighted by Gasteiger charge is -2.04. The van der Waals surface area contributed by atoms with Gasteiger partial charge in [0.05, 0.1) is 6.07 Å². The second kappa shape index (κ2) is 3.84. The lowest BCUT2D eigenvalue weighted by atomic mass is 10.0. The Kier molecular flexibility index (Phi) is 3.08. The molecule has 1 saturated carbocycles. The fourth-order valence-electron chi connectivity index (χ4n) is 2.33. The maximum atomic E-state index is 11.8. The predicted molar refractivity (Wildman–Crippen MR) is 58.9 cm³/mol. The Morgan fingerprint density at radius 1 is 1.33 bits per heavy atom. The van der Waals surface area contributed by atoms with Crippen LogP contribution in [0.1, 0.15) is 40.5 Å². The number of hydrogen-bond donors (Lipinski definition) is 1. The van der Waals surface area contributed by atoms with Crippen molar-refractivity contribution in [2.45, 2.75) is 40.5 Å². The Hall–Kier alpha value is -1.04. The predicted octanol–water partition coefficient (Wildman–Crippen LogP) is 2.09. The van der Waals surface area contributed by atoms with E-state index in [-0.39, 0.29) is 22.7 Å². The Morgan fingerprint density at radius 3 is 2.27 bits per heavy atom. The molecule has 0 spiro atoms. The third-order valence-corrected chi connectivity index (χ3v) is 4.05. The van der Waals surface area contributed by atoms with Crippen LogP contribution >= 0.6 is 0 Å². The van der Waals surface area contributed by atoms with Crippen LogP contribution in [0.3, 0.4) is 0 Å². The van der Waals surface area contributed by atoms with Gasteiger partial charge in [0.2, 0.25) is 5.91 Å². The Balaban J connectivity index is 2.35. The van der Waals surface area contributed by atoms with Gasteiger partial charge in [-0.1, -0.05) is 27.7 Å². The Labute approximate surface area is 91.9 Å². The molecule has 0 aromatic rings. The van der Waals surface area contributed by atoms with Crippen molar-refractivity contribution in [1.82, 2.24) is 5.32 Å². The van der Waals surface area contributed by atoms with Crippen LogP contribution in [-0.4, -0.2) is 12.5 Å². The van der Waals surface area contributed by atoms with Crippen LogP contribution < -0.4 is 5.32 Å². The summed E-state index contributed by atoms with van der Waals surface area (Å²) in [4.78, 5) is 11.8. The minimum absolute atomic E-state index is 0.103. The van der Waals surface area contributed by atoms with E-state index in [2.05, 4.69) is 39.1 Å². The summed E-state index contributed by atoms with van der Waals surface area (Å²) < 4.78 is 0.